The first-order valence-electron chi connectivity index (χ1n) is 5.66. The van der Waals surface area contributed by atoms with Crippen molar-refractivity contribution in [3.63, 3.8) is 0 Å². The number of nitrogens with zero attached hydrogens (tertiary/aromatic N) is 4. The molecular weight excluding hydrogens is 234 g/mol. The summed E-state index contributed by atoms with van der Waals surface area (Å²) >= 11 is 1.44. The number of hydrogen-bond donors (Lipinski definition) is 1. The molecule has 90 valence electrons. The molecule has 0 aliphatic heterocycles. The lowest BCUT2D eigenvalue weighted by Gasteiger charge is -2.16. The van der Waals surface area contributed by atoms with E-state index in [9.17, 15) is 0 Å². The summed E-state index contributed by atoms with van der Waals surface area (Å²) < 4.78 is 4.03. The van der Waals surface area contributed by atoms with Crippen LogP contribution in [0.4, 0.5) is 0 Å². The summed E-state index contributed by atoms with van der Waals surface area (Å²) in [5, 5.41) is 7.58. The fourth-order valence-corrected chi connectivity index (χ4v) is 2.55. The largest absolute Gasteiger partial charge is 0.306 e. The Hall–Kier alpha value is -1.40. The van der Waals surface area contributed by atoms with Gasteiger partial charge in [0, 0.05) is 18.0 Å². The van der Waals surface area contributed by atoms with Gasteiger partial charge in [-0.25, -0.2) is 9.97 Å². The normalized spacial score (nSPS) is 12.6. The third-order valence-electron chi connectivity index (χ3n) is 2.50. The zero-order chi connectivity index (χ0) is 12.1. The molecule has 0 saturated heterocycles. The topological polar surface area (TPSA) is 63.6 Å². The van der Waals surface area contributed by atoms with E-state index >= 15 is 0 Å². The number of nitrogens with one attached hydrogen (secondary N) is 1. The molecule has 17 heavy (non-hydrogen) atoms. The smallest absolute Gasteiger partial charge is 0.115 e. The second-order valence-electron chi connectivity index (χ2n) is 3.60. The summed E-state index contributed by atoms with van der Waals surface area (Å²) in [5.41, 5.74) is 2.10. The molecule has 0 aliphatic carbocycles. The number of rotatable bonds is 5. The first-order valence-corrected chi connectivity index (χ1v) is 6.43. The Bertz CT molecular complexity index is 456. The van der Waals surface area contributed by atoms with Crippen molar-refractivity contribution >= 4 is 11.5 Å². The summed E-state index contributed by atoms with van der Waals surface area (Å²) in [6.07, 6.45) is 6.10. The highest BCUT2D eigenvalue weighted by atomic mass is 32.1. The Balaban J connectivity index is 2.36. The zero-order valence-electron chi connectivity index (χ0n) is 9.92. The van der Waals surface area contributed by atoms with Crippen LogP contribution in [-0.2, 0) is 6.42 Å². The van der Waals surface area contributed by atoms with E-state index < -0.39 is 0 Å². The van der Waals surface area contributed by atoms with Gasteiger partial charge < -0.3 is 5.32 Å². The van der Waals surface area contributed by atoms with Gasteiger partial charge in [0.1, 0.15) is 6.33 Å². The summed E-state index contributed by atoms with van der Waals surface area (Å²) in [7, 11) is 0. The molecule has 0 aromatic carbocycles. The molecule has 1 atom stereocenters. The van der Waals surface area contributed by atoms with Crippen molar-refractivity contribution in [2.75, 3.05) is 6.54 Å². The Morgan fingerprint density at radius 2 is 2.06 bits per heavy atom. The molecule has 2 heterocycles. The summed E-state index contributed by atoms with van der Waals surface area (Å²) in [4.78, 5) is 9.29. The van der Waals surface area contributed by atoms with E-state index in [2.05, 4.69) is 38.7 Å². The monoisotopic (exact) mass is 249 g/mol. The maximum Gasteiger partial charge on any atom is 0.115 e. The van der Waals surface area contributed by atoms with Crippen LogP contribution in [0.2, 0.25) is 0 Å². The number of aromatic nitrogens is 4. The number of aryl methyl sites for hydroxylation is 1. The SMILES string of the molecule is CCNC(c1cncnc1)c1snnc1CC. The third kappa shape index (κ3) is 2.65. The molecule has 0 spiro atoms. The lowest BCUT2D eigenvalue weighted by Crippen LogP contribution is -2.22. The first kappa shape index (κ1) is 12.1. The van der Waals surface area contributed by atoms with Crippen molar-refractivity contribution in [3.05, 3.63) is 34.9 Å². The van der Waals surface area contributed by atoms with Crippen LogP contribution >= 0.6 is 11.5 Å². The molecule has 0 radical (unpaired) electrons. The highest BCUT2D eigenvalue weighted by molar-refractivity contribution is 7.05. The van der Waals surface area contributed by atoms with Crippen molar-refractivity contribution in [1.29, 1.82) is 0 Å². The Morgan fingerprint density at radius 1 is 1.29 bits per heavy atom. The van der Waals surface area contributed by atoms with Gasteiger partial charge in [0.15, 0.2) is 0 Å². The summed E-state index contributed by atoms with van der Waals surface area (Å²) in [5.74, 6) is 0. The molecule has 0 amide bonds. The zero-order valence-corrected chi connectivity index (χ0v) is 10.7. The molecule has 5 nitrogen and oxygen atoms in total. The van der Waals surface area contributed by atoms with Gasteiger partial charge in [-0.1, -0.05) is 18.3 Å². The molecule has 0 bridgehead atoms. The minimum atomic E-state index is 0.0937. The third-order valence-corrected chi connectivity index (χ3v) is 3.34. The molecular formula is C11H15N5S. The maximum absolute atomic E-state index is 4.15. The van der Waals surface area contributed by atoms with E-state index in [0.29, 0.717) is 0 Å². The van der Waals surface area contributed by atoms with E-state index in [-0.39, 0.29) is 6.04 Å². The fourth-order valence-electron chi connectivity index (χ4n) is 1.71. The van der Waals surface area contributed by atoms with Gasteiger partial charge in [0.2, 0.25) is 0 Å². The second-order valence-corrected chi connectivity index (χ2v) is 4.39. The van der Waals surface area contributed by atoms with Crippen molar-refractivity contribution in [2.24, 2.45) is 0 Å². The van der Waals surface area contributed by atoms with Gasteiger partial charge in [0.25, 0.3) is 0 Å². The molecule has 1 unspecified atom stereocenters. The van der Waals surface area contributed by atoms with Crippen LogP contribution in [0.1, 0.15) is 36.0 Å². The van der Waals surface area contributed by atoms with Crippen molar-refractivity contribution < 1.29 is 0 Å². The predicted molar refractivity (Wildman–Crippen MR) is 66.8 cm³/mol. The van der Waals surface area contributed by atoms with E-state index in [0.717, 1.165) is 29.1 Å². The minimum absolute atomic E-state index is 0.0937. The lowest BCUT2D eigenvalue weighted by atomic mass is 10.1. The van der Waals surface area contributed by atoms with Gasteiger partial charge in [-0.3, -0.25) is 0 Å². The highest BCUT2D eigenvalue weighted by Gasteiger charge is 2.19. The second kappa shape index (κ2) is 5.79. The Kier molecular flexibility index (Phi) is 4.11. The molecule has 0 fully saturated rings. The van der Waals surface area contributed by atoms with E-state index in [1.807, 2.05) is 12.4 Å². The van der Waals surface area contributed by atoms with E-state index in [1.54, 1.807) is 0 Å². The van der Waals surface area contributed by atoms with Crippen LogP contribution in [0.3, 0.4) is 0 Å². The van der Waals surface area contributed by atoms with Crippen LogP contribution in [0.5, 0.6) is 0 Å². The van der Waals surface area contributed by atoms with Gasteiger partial charge in [0.05, 0.1) is 16.6 Å². The summed E-state index contributed by atoms with van der Waals surface area (Å²) in [6, 6.07) is 0.0937. The number of hydrogen-bond acceptors (Lipinski definition) is 6. The van der Waals surface area contributed by atoms with Gasteiger partial charge in [-0.05, 0) is 24.5 Å². The summed E-state index contributed by atoms with van der Waals surface area (Å²) in [6.45, 7) is 5.04. The van der Waals surface area contributed by atoms with Crippen LogP contribution in [-0.4, -0.2) is 26.1 Å². The van der Waals surface area contributed by atoms with E-state index in [4.69, 9.17) is 0 Å². The van der Waals surface area contributed by atoms with Crippen LogP contribution in [0.15, 0.2) is 18.7 Å². The maximum atomic E-state index is 4.15. The van der Waals surface area contributed by atoms with Crippen molar-refractivity contribution in [3.8, 4) is 0 Å². The van der Waals surface area contributed by atoms with Crippen molar-refractivity contribution in [1.82, 2.24) is 24.9 Å². The lowest BCUT2D eigenvalue weighted by molar-refractivity contribution is 0.628. The van der Waals surface area contributed by atoms with Gasteiger partial charge in [-0.15, -0.1) is 5.10 Å². The molecule has 2 aromatic rings. The quantitative estimate of drug-likeness (QED) is 0.871. The molecule has 0 saturated carbocycles. The average Bonchev–Trinajstić information content (AvgIpc) is 2.85. The van der Waals surface area contributed by atoms with Crippen LogP contribution < -0.4 is 5.32 Å². The van der Waals surface area contributed by atoms with Gasteiger partial charge >= 0.3 is 0 Å². The Morgan fingerprint density at radius 3 is 2.71 bits per heavy atom. The minimum Gasteiger partial charge on any atom is -0.306 e. The first-order chi connectivity index (χ1) is 8.36. The van der Waals surface area contributed by atoms with Crippen LogP contribution in [0, 0.1) is 0 Å². The van der Waals surface area contributed by atoms with Crippen LogP contribution in [0.25, 0.3) is 0 Å². The van der Waals surface area contributed by atoms with E-state index in [1.165, 1.54) is 17.9 Å². The standard InChI is InChI=1S/C11H15N5S/c1-3-9-11(17-16-15-9)10(14-4-2)8-5-12-7-13-6-8/h5-7,10,14H,3-4H2,1-2H3. The fraction of sp³-hybridized carbons (Fsp3) is 0.455. The highest BCUT2D eigenvalue weighted by Crippen LogP contribution is 2.26. The molecule has 1 N–H and O–H groups in total. The Labute approximate surface area is 104 Å². The van der Waals surface area contributed by atoms with Crippen molar-refractivity contribution in [2.45, 2.75) is 26.3 Å². The van der Waals surface area contributed by atoms with Gasteiger partial charge in [-0.2, -0.15) is 0 Å². The molecule has 2 aromatic heterocycles. The molecule has 0 aliphatic rings. The molecule has 6 heteroatoms. The molecule has 2 rings (SSSR count). The predicted octanol–water partition coefficient (Wildman–Crippen LogP) is 1.59. The average molecular weight is 249 g/mol.